The fourth-order valence-corrected chi connectivity index (χ4v) is 1.23. The minimum Gasteiger partial charge on any atom is -0.481 e. The minimum atomic E-state index is -0.848. The number of carbonyl (C=O) groups is 1. The number of carboxylic acid groups (broad SMARTS) is 1. The van der Waals surface area contributed by atoms with Gasteiger partial charge in [0.15, 0.2) is 11.5 Å². The first kappa shape index (κ1) is 11.1. The second-order valence-electron chi connectivity index (χ2n) is 2.76. The van der Waals surface area contributed by atoms with Gasteiger partial charge in [0.1, 0.15) is 0 Å². The van der Waals surface area contributed by atoms with E-state index in [0.29, 0.717) is 11.5 Å². The van der Waals surface area contributed by atoms with Crippen molar-refractivity contribution in [2.24, 2.45) is 0 Å². The SMILES string of the molecule is O=C(O)Cc1ccc2c(c1)OCO2.[Ag]. The van der Waals surface area contributed by atoms with Gasteiger partial charge in [0.2, 0.25) is 6.79 Å². The Morgan fingerprint density at radius 1 is 1.36 bits per heavy atom. The van der Waals surface area contributed by atoms with Crippen molar-refractivity contribution in [1.82, 2.24) is 0 Å². The van der Waals surface area contributed by atoms with Crippen molar-refractivity contribution in [1.29, 1.82) is 0 Å². The molecule has 0 saturated carbocycles. The first-order chi connectivity index (χ1) is 6.25. The van der Waals surface area contributed by atoms with Crippen LogP contribution in [0.2, 0.25) is 0 Å². The van der Waals surface area contributed by atoms with Crippen LogP contribution in [-0.2, 0) is 33.6 Å². The van der Waals surface area contributed by atoms with E-state index in [2.05, 4.69) is 0 Å². The molecule has 0 aromatic heterocycles. The Bertz CT molecular complexity index is 351. The van der Waals surface area contributed by atoms with Gasteiger partial charge in [0, 0.05) is 22.4 Å². The summed E-state index contributed by atoms with van der Waals surface area (Å²) < 4.78 is 10.2. The van der Waals surface area contributed by atoms with Gasteiger partial charge in [0.25, 0.3) is 0 Å². The van der Waals surface area contributed by atoms with Gasteiger partial charge in [-0.25, -0.2) is 0 Å². The van der Waals surface area contributed by atoms with Gasteiger partial charge in [-0.3, -0.25) is 4.79 Å². The monoisotopic (exact) mass is 287 g/mol. The van der Waals surface area contributed by atoms with Gasteiger partial charge in [-0.15, -0.1) is 0 Å². The van der Waals surface area contributed by atoms with Gasteiger partial charge in [0.05, 0.1) is 6.42 Å². The Labute approximate surface area is 96.3 Å². The van der Waals surface area contributed by atoms with Gasteiger partial charge in [-0.05, 0) is 17.7 Å². The maximum atomic E-state index is 10.4. The number of hydrogen-bond donors (Lipinski definition) is 1. The summed E-state index contributed by atoms with van der Waals surface area (Å²) in [6, 6.07) is 5.14. The van der Waals surface area contributed by atoms with Crippen LogP contribution >= 0.6 is 0 Å². The van der Waals surface area contributed by atoms with Crippen LogP contribution in [0.3, 0.4) is 0 Å². The number of ether oxygens (including phenoxy) is 2. The van der Waals surface area contributed by atoms with E-state index < -0.39 is 5.97 Å². The van der Waals surface area contributed by atoms with Crippen LogP contribution in [0, 0.1) is 0 Å². The molecule has 1 N–H and O–H groups in total. The third-order valence-corrected chi connectivity index (χ3v) is 1.79. The number of fused-ring (bicyclic) bond motifs is 1. The van der Waals surface area contributed by atoms with Gasteiger partial charge >= 0.3 is 5.97 Å². The molecule has 0 bridgehead atoms. The molecule has 1 aromatic rings. The van der Waals surface area contributed by atoms with Crippen molar-refractivity contribution < 1.29 is 41.8 Å². The molecule has 4 nitrogen and oxygen atoms in total. The Kier molecular flexibility index (Phi) is 3.57. The second kappa shape index (κ2) is 4.50. The fraction of sp³-hybridized carbons (Fsp3) is 0.222. The third kappa shape index (κ3) is 2.29. The Hall–Kier alpha value is -0.970. The molecule has 5 heteroatoms. The maximum Gasteiger partial charge on any atom is 0.307 e. The van der Waals surface area contributed by atoms with E-state index in [1.54, 1.807) is 18.2 Å². The predicted molar refractivity (Wildman–Crippen MR) is 43.9 cm³/mol. The molecule has 14 heavy (non-hydrogen) atoms. The second-order valence-corrected chi connectivity index (χ2v) is 2.76. The zero-order valence-electron chi connectivity index (χ0n) is 7.12. The Morgan fingerprint density at radius 3 is 2.79 bits per heavy atom. The van der Waals surface area contributed by atoms with Gasteiger partial charge < -0.3 is 14.6 Å². The van der Waals surface area contributed by atoms with Crippen LogP contribution in [0.5, 0.6) is 11.5 Å². The maximum absolute atomic E-state index is 10.4. The van der Waals surface area contributed by atoms with Crippen molar-refractivity contribution in [2.75, 3.05) is 6.79 Å². The largest absolute Gasteiger partial charge is 0.481 e. The van der Waals surface area contributed by atoms with Crippen LogP contribution in [-0.4, -0.2) is 17.9 Å². The summed E-state index contributed by atoms with van der Waals surface area (Å²) in [6.45, 7) is 0.214. The molecule has 1 aromatic carbocycles. The summed E-state index contributed by atoms with van der Waals surface area (Å²) in [7, 11) is 0. The van der Waals surface area contributed by atoms with Crippen molar-refractivity contribution in [3.05, 3.63) is 23.8 Å². The van der Waals surface area contributed by atoms with Crippen molar-refractivity contribution >= 4 is 5.97 Å². The van der Waals surface area contributed by atoms with E-state index in [4.69, 9.17) is 14.6 Å². The Morgan fingerprint density at radius 2 is 2.07 bits per heavy atom. The van der Waals surface area contributed by atoms with Crippen molar-refractivity contribution in [2.45, 2.75) is 6.42 Å². The molecule has 1 aliphatic rings. The molecular formula is C9H8AgO4. The zero-order chi connectivity index (χ0) is 9.26. The molecule has 0 aliphatic carbocycles. The molecule has 0 saturated heterocycles. The summed E-state index contributed by atoms with van der Waals surface area (Å²) in [5, 5.41) is 8.54. The molecule has 0 amide bonds. The summed E-state index contributed by atoms with van der Waals surface area (Å²) in [5.74, 6) is 0.451. The van der Waals surface area contributed by atoms with Crippen LogP contribution in [0.4, 0.5) is 0 Å². The first-order valence-electron chi connectivity index (χ1n) is 3.86. The number of carboxylic acids is 1. The summed E-state index contributed by atoms with van der Waals surface area (Å²) >= 11 is 0. The summed E-state index contributed by atoms with van der Waals surface area (Å²) in [6.07, 6.45) is 0.0106. The van der Waals surface area contributed by atoms with Gasteiger partial charge in [-0.1, -0.05) is 6.07 Å². The molecular weight excluding hydrogens is 280 g/mol. The molecule has 1 radical (unpaired) electrons. The smallest absolute Gasteiger partial charge is 0.307 e. The average molecular weight is 288 g/mol. The van der Waals surface area contributed by atoms with E-state index in [0.717, 1.165) is 5.56 Å². The average Bonchev–Trinajstić information content (AvgIpc) is 2.49. The number of aliphatic carboxylic acids is 1. The normalized spacial score (nSPS) is 12.0. The van der Waals surface area contributed by atoms with E-state index in [1.807, 2.05) is 0 Å². The standard InChI is InChI=1S/C9H8O4.Ag/c10-9(11)4-6-1-2-7-8(3-6)13-5-12-7;/h1-3H,4-5H2,(H,10,11);. The predicted octanol–water partition coefficient (Wildman–Crippen LogP) is 1.04. The summed E-state index contributed by atoms with van der Waals surface area (Å²) in [5.41, 5.74) is 0.719. The number of benzene rings is 1. The first-order valence-corrected chi connectivity index (χ1v) is 3.86. The van der Waals surface area contributed by atoms with E-state index in [1.165, 1.54) is 0 Å². The molecule has 0 atom stereocenters. The molecule has 2 rings (SSSR count). The van der Waals surface area contributed by atoms with Crippen LogP contribution in [0.15, 0.2) is 18.2 Å². The quantitative estimate of drug-likeness (QED) is 0.826. The molecule has 0 spiro atoms. The molecule has 1 aliphatic heterocycles. The number of hydrogen-bond acceptors (Lipinski definition) is 3. The molecule has 0 fully saturated rings. The van der Waals surface area contributed by atoms with Crippen LogP contribution in [0.1, 0.15) is 5.56 Å². The third-order valence-electron chi connectivity index (χ3n) is 1.79. The van der Waals surface area contributed by atoms with E-state index in [-0.39, 0.29) is 35.6 Å². The fourth-order valence-electron chi connectivity index (χ4n) is 1.23. The zero-order valence-corrected chi connectivity index (χ0v) is 8.60. The number of rotatable bonds is 2. The molecule has 0 unspecified atom stereocenters. The molecule has 79 valence electrons. The topological polar surface area (TPSA) is 55.8 Å². The summed E-state index contributed by atoms with van der Waals surface area (Å²) in [4.78, 5) is 10.4. The van der Waals surface area contributed by atoms with Crippen molar-refractivity contribution in [3.63, 3.8) is 0 Å². The van der Waals surface area contributed by atoms with Crippen molar-refractivity contribution in [3.8, 4) is 11.5 Å². The van der Waals surface area contributed by atoms with E-state index >= 15 is 0 Å². The van der Waals surface area contributed by atoms with Gasteiger partial charge in [-0.2, -0.15) is 0 Å². The van der Waals surface area contributed by atoms with Crippen LogP contribution < -0.4 is 9.47 Å². The molecule has 1 heterocycles. The van der Waals surface area contributed by atoms with Crippen LogP contribution in [0.25, 0.3) is 0 Å². The minimum absolute atomic E-state index is 0. The van der Waals surface area contributed by atoms with E-state index in [9.17, 15) is 4.79 Å². The Balaban J connectivity index is 0.000000980.